The fourth-order valence-corrected chi connectivity index (χ4v) is 5.40. The Bertz CT molecular complexity index is 1200. The number of rotatable bonds is 12. The first kappa shape index (κ1) is 24.9. The van der Waals surface area contributed by atoms with Crippen LogP contribution in [0.4, 0.5) is 0 Å². The molecule has 6 heteroatoms. The van der Waals surface area contributed by atoms with Crippen LogP contribution < -0.4 is 0 Å². The van der Waals surface area contributed by atoms with E-state index in [-0.39, 0.29) is 16.2 Å². The predicted molar refractivity (Wildman–Crippen MR) is 131 cm³/mol. The molecule has 0 saturated heterocycles. The van der Waals surface area contributed by atoms with Gasteiger partial charge in [-0.15, -0.1) is 0 Å². The van der Waals surface area contributed by atoms with Crippen LogP contribution in [0, 0.1) is 0 Å². The Hall–Kier alpha value is -2.70. The summed E-state index contributed by atoms with van der Waals surface area (Å²) in [5.74, 6) is -1.39. The largest absolute Gasteiger partial charge is 0.478 e. The number of unbranched alkanes of at least 4 members (excludes halogenated alkanes) is 5. The van der Waals surface area contributed by atoms with Crippen molar-refractivity contribution in [2.75, 3.05) is 0 Å². The van der Waals surface area contributed by atoms with Crippen LogP contribution in [0.25, 0.3) is 10.8 Å². The minimum Gasteiger partial charge on any atom is -0.478 e. The number of benzene rings is 3. The molecule has 0 aliphatic rings. The standard InChI is InChI=1S/C27H32O5S/c1-2-3-4-5-6-7-11-26(28)22-15-14-21-13-12-20(16-24(21)17-22)19-33(31,32)25-10-8-9-23(18-25)27(29)30/h8-10,12-18,26,28H,2-7,11,19H2,1H3,(H,29,30). The van der Waals surface area contributed by atoms with Gasteiger partial charge in [0.2, 0.25) is 0 Å². The van der Waals surface area contributed by atoms with Crippen LogP contribution in [0.5, 0.6) is 0 Å². The van der Waals surface area contributed by atoms with Gasteiger partial charge in [0.05, 0.1) is 22.3 Å². The van der Waals surface area contributed by atoms with E-state index in [2.05, 4.69) is 6.92 Å². The van der Waals surface area contributed by atoms with Crippen LogP contribution in [0.3, 0.4) is 0 Å². The summed E-state index contributed by atoms with van der Waals surface area (Å²) in [6.45, 7) is 2.20. The number of fused-ring (bicyclic) bond motifs is 1. The summed E-state index contributed by atoms with van der Waals surface area (Å²) >= 11 is 0. The molecule has 0 amide bonds. The summed E-state index contributed by atoms with van der Waals surface area (Å²) in [5, 5.41) is 21.6. The molecule has 0 fully saturated rings. The van der Waals surface area contributed by atoms with E-state index in [9.17, 15) is 18.3 Å². The smallest absolute Gasteiger partial charge is 0.335 e. The normalized spacial score (nSPS) is 12.7. The summed E-state index contributed by atoms with van der Waals surface area (Å²) in [5.41, 5.74) is 1.40. The zero-order valence-corrected chi connectivity index (χ0v) is 19.9. The lowest BCUT2D eigenvalue weighted by molar-refractivity contribution is 0.0696. The highest BCUT2D eigenvalue weighted by molar-refractivity contribution is 7.90. The van der Waals surface area contributed by atoms with Crippen molar-refractivity contribution in [2.24, 2.45) is 0 Å². The van der Waals surface area contributed by atoms with E-state index in [1.165, 1.54) is 49.9 Å². The molecule has 0 radical (unpaired) electrons. The number of sulfone groups is 1. The first-order chi connectivity index (χ1) is 15.8. The van der Waals surface area contributed by atoms with E-state index in [1.54, 1.807) is 6.07 Å². The maximum Gasteiger partial charge on any atom is 0.335 e. The zero-order valence-electron chi connectivity index (χ0n) is 19.0. The number of aliphatic hydroxyl groups excluding tert-OH is 1. The van der Waals surface area contributed by atoms with Crippen molar-refractivity contribution < 1.29 is 23.4 Å². The highest BCUT2D eigenvalue weighted by Crippen LogP contribution is 2.26. The van der Waals surface area contributed by atoms with Crippen LogP contribution in [-0.4, -0.2) is 24.6 Å². The lowest BCUT2D eigenvalue weighted by atomic mass is 9.98. The molecule has 0 saturated carbocycles. The number of hydrogen-bond acceptors (Lipinski definition) is 4. The van der Waals surface area contributed by atoms with Crippen molar-refractivity contribution >= 4 is 26.6 Å². The number of hydrogen-bond donors (Lipinski definition) is 2. The molecule has 0 aliphatic heterocycles. The zero-order chi connectivity index (χ0) is 23.8. The maximum absolute atomic E-state index is 12.9. The van der Waals surface area contributed by atoms with E-state index in [1.807, 2.05) is 30.3 Å². The molecule has 3 rings (SSSR count). The number of carbonyl (C=O) groups is 1. The Kier molecular flexibility index (Phi) is 8.64. The molecule has 176 valence electrons. The maximum atomic E-state index is 12.9. The van der Waals surface area contributed by atoms with Gasteiger partial charge in [-0.2, -0.15) is 0 Å². The number of aromatic carboxylic acids is 1. The molecule has 5 nitrogen and oxygen atoms in total. The van der Waals surface area contributed by atoms with Crippen molar-refractivity contribution in [3.63, 3.8) is 0 Å². The minimum atomic E-state index is -3.70. The third-order valence-electron chi connectivity index (χ3n) is 5.94. The summed E-state index contributed by atoms with van der Waals surface area (Å²) < 4.78 is 25.7. The van der Waals surface area contributed by atoms with Gasteiger partial charge in [0, 0.05) is 0 Å². The van der Waals surface area contributed by atoms with Crippen LogP contribution >= 0.6 is 0 Å². The van der Waals surface area contributed by atoms with Crippen LogP contribution in [0.1, 0.15) is 79.5 Å². The van der Waals surface area contributed by atoms with Crippen LogP contribution in [0.2, 0.25) is 0 Å². The van der Waals surface area contributed by atoms with Crippen molar-refractivity contribution in [1.29, 1.82) is 0 Å². The molecular formula is C27H32O5S. The van der Waals surface area contributed by atoms with E-state index in [4.69, 9.17) is 5.11 Å². The molecular weight excluding hydrogens is 436 g/mol. The first-order valence-corrected chi connectivity index (χ1v) is 13.2. The van der Waals surface area contributed by atoms with Crippen LogP contribution in [0.15, 0.2) is 65.6 Å². The SMILES string of the molecule is CCCCCCCCC(O)c1ccc2ccc(CS(=O)(=O)c3cccc(C(=O)O)c3)cc2c1. The van der Waals surface area contributed by atoms with Gasteiger partial charge in [0.15, 0.2) is 9.84 Å². The van der Waals surface area contributed by atoms with Gasteiger partial charge in [-0.25, -0.2) is 13.2 Å². The quantitative estimate of drug-likeness (QED) is 0.305. The van der Waals surface area contributed by atoms with Crippen molar-refractivity contribution in [2.45, 2.75) is 68.6 Å². The monoisotopic (exact) mass is 468 g/mol. The van der Waals surface area contributed by atoms with E-state index in [0.717, 1.165) is 29.2 Å². The Morgan fingerprint density at radius 2 is 1.61 bits per heavy atom. The van der Waals surface area contributed by atoms with Gasteiger partial charge < -0.3 is 10.2 Å². The molecule has 3 aromatic rings. The summed E-state index contributed by atoms with van der Waals surface area (Å²) in [6.07, 6.45) is 7.21. The molecule has 0 spiro atoms. The summed E-state index contributed by atoms with van der Waals surface area (Å²) in [7, 11) is -3.70. The average molecular weight is 469 g/mol. The predicted octanol–water partition coefficient (Wildman–Crippen LogP) is 6.30. The van der Waals surface area contributed by atoms with Gasteiger partial charge >= 0.3 is 5.97 Å². The van der Waals surface area contributed by atoms with E-state index < -0.39 is 21.9 Å². The fourth-order valence-electron chi connectivity index (χ4n) is 4.02. The second-order valence-corrected chi connectivity index (χ2v) is 10.6. The molecule has 1 unspecified atom stereocenters. The number of aliphatic hydroxyl groups is 1. The topological polar surface area (TPSA) is 91.7 Å². The molecule has 1 atom stereocenters. The molecule has 0 bridgehead atoms. The Labute approximate surface area is 196 Å². The molecule has 2 N–H and O–H groups in total. The second-order valence-electron chi connectivity index (χ2n) is 8.61. The van der Waals surface area contributed by atoms with E-state index >= 15 is 0 Å². The molecule has 33 heavy (non-hydrogen) atoms. The van der Waals surface area contributed by atoms with Gasteiger partial charge in [-0.3, -0.25) is 0 Å². The molecule has 0 aromatic heterocycles. The minimum absolute atomic E-state index is 0.00870. The number of carboxylic acids is 1. The van der Waals surface area contributed by atoms with Gasteiger partial charge in [-0.1, -0.05) is 81.8 Å². The second kappa shape index (κ2) is 11.4. The molecule has 0 aliphatic carbocycles. The summed E-state index contributed by atoms with van der Waals surface area (Å²) in [6, 6.07) is 16.7. The van der Waals surface area contributed by atoms with Crippen molar-refractivity contribution in [3.8, 4) is 0 Å². The summed E-state index contributed by atoms with van der Waals surface area (Å²) in [4.78, 5) is 11.2. The van der Waals surface area contributed by atoms with E-state index in [0.29, 0.717) is 12.0 Å². The Balaban J connectivity index is 1.72. The molecule has 0 heterocycles. The van der Waals surface area contributed by atoms with Crippen molar-refractivity contribution in [1.82, 2.24) is 0 Å². The Morgan fingerprint density at radius 1 is 0.879 bits per heavy atom. The highest BCUT2D eigenvalue weighted by Gasteiger charge is 2.18. The van der Waals surface area contributed by atoms with Gasteiger partial charge in [-0.05, 0) is 52.6 Å². The van der Waals surface area contributed by atoms with Gasteiger partial charge in [0.1, 0.15) is 0 Å². The first-order valence-electron chi connectivity index (χ1n) is 11.6. The lowest BCUT2D eigenvalue weighted by Crippen LogP contribution is -2.07. The van der Waals surface area contributed by atoms with Gasteiger partial charge in [0.25, 0.3) is 0 Å². The fraction of sp³-hybridized carbons (Fsp3) is 0.370. The average Bonchev–Trinajstić information content (AvgIpc) is 2.80. The third-order valence-corrected chi connectivity index (χ3v) is 7.63. The van der Waals surface area contributed by atoms with Crippen molar-refractivity contribution in [3.05, 3.63) is 77.4 Å². The third kappa shape index (κ3) is 6.89. The van der Waals surface area contributed by atoms with Crippen LogP contribution in [-0.2, 0) is 15.6 Å². The number of carboxylic acid groups (broad SMARTS) is 1. The molecule has 3 aromatic carbocycles. The Morgan fingerprint density at radius 3 is 2.36 bits per heavy atom. The highest BCUT2D eigenvalue weighted by atomic mass is 32.2. The lowest BCUT2D eigenvalue weighted by Gasteiger charge is -2.13.